The first-order valence-corrected chi connectivity index (χ1v) is 7.16. The van der Waals surface area contributed by atoms with Crippen LogP contribution in [0.15, 0.2) is 18.2 Å². The molecule has 1 heteroatoms. The SMILES string of the molecule is Cc1cccc([C@@H]2C[C@H]3CC[C@]2(C)C3(C)C)c1O. The Hall–Kier alpha value is -0.980. The van der Waals surface area contributed by atoms with E-state index in [1.54, 1.807) is 0 Å². The fourth-order valence-electron chi connectivity index (χ4n) is 4.64. The average molecular weight is 244 g/mol. The summed E-state index contributed by atoms with van der Waals surface area (Å²) in [5, 5.41) is 10.4. The molecule has 2 aliphatic rings. The van der Waals surface area contributed by atoms with Crippen molar-refractivity contribution < 1.29 is 5.11 Å². The summed E-state index contributed by atoms with van der Waals surface area (Å²) in [6, 6.07) is 6.22. The Morgan fingerprint density at radius 2 is 1.94 bits per heavy atom. The van der Waals surface area contributed by atoms with Gasteiger partial charge in [0.2, 0.25) is 0 Å². The molecular weight excluding hydrogens is 220 g/mol. The Bertz CT molecular complexity index is 488. The van der Waals surface area contributed by atoms with E-state index in [9.17, 15) is 5.11 Å². The van der Waals surface area contributed by atoms with Crippen molar-refractivity contribution in [2.24, 2.45) is 16.7 Å². The van der Waals surface area contributed by atoms with E-state index in [4.69, 9.17) is 0 Å². The Morgan fingerprint density at radius 1 is 1.22 bits per heavy atom. The van der Waals surface area contributed by atoms with Gasteiger partial charge in [-0.2, -0.15) is 0 Å². The van der Waals surface area contributed by atoms with Crippen LogP contribution in [0.1, 0.15) is 57.1 Å². The van der Waals surface area contributed by atoms with Gasteiger partial charge in [-0.3, -0.25) is 0 Å². The van der Waals surface area contributed by atoms with E-state index in [-0.39, 0.29) is 0 Å². The number of benzene rings is 1. The van der Waals surface area contributed by atoms with Gasteiger partial charge in [0, 0.05) is 0 Å². The molecule has 3 atom stereocenters. The van der Waals surface area contributed by atoms with Crippen LogP contribution in [0.5, 0.6) is 5.75 Å². The molecule has 2 fully saturated rings. The largest absolute Gasteiger partial charge is 0.507 e. The van der Waals surface area contributed by atoms with E-state index in [1.165, 1.54) is 24.8 Å². The average Bonchev–Trinajstić information content (AvgIpc) is 2.65. The second kappa shape index (κ2) is 3.53. The van der Waals surface area contributed by atoms with E-state index in [0.717, 1.165) is 11.5 Å². The van der Waals surface area contributed by atoms with Gasteiger partial charge in [0.05, 0.1) is 0 Å². The predicted molar refractivity (Wildman–Crippen MR) is 74.8 cm³/mol. The molecular formula is C17H24O. The van der Waals surface area contributed by atoms with Crippen molar-refractivity contribution in [2.75, 3.05) is 0 Å². The van der Waals surface area contributed by atoms with Crippen molar-refractivity contribution in [1.29, 1.82) is 0 Å². The monoisotopic (exact) mass is 244 g/mol. The molecule has 1 aromatic carbocycles. The Labute approximate surface area is 110 Å². The zero-order chi connectivity index (χ0) is 13.1. The third kappa shape index (κ3) is 1.28. The minimum Gasteiger partial charge on any atom is -0.507 e. The number of hydrogen-bond acceptors (Lipinski definition) is 1. The lowest BCUT2D eigenvalue weighted by Crippen LogP contribution is -2.31. The molecule has 18 heavy (non-hydrogen) atoms. The van der Waals surface area contributed by atoms with Crippen molar-refractivity contribution in [3.05, 3.63) is 29.3 Å². The number of aryl methyl sites for hydroxylation is 1. The maximum Gasteiger partial charge on any atom is 0.121 e. The summed E-state index contributed by atoms with van der Waals surface area (Å²) in [6.45, 7) is 9.29. The molecule has 0 aromatic heterocycles. The highest BCUT2D eigenvalue weighted by Gasteiger charge is 2.61. The number of phenolic OH excluding ortho intramolecular Hbond substituents is 1. The van der Waals surface area contributed by atoms with Crippen molar-refractivity contribution in [3.63, 3.8) is 0 Å². The third-order valence-corrected chi connectivity index (χ3v) is 6.44. The normalized spacial score (nSPS) is 37.1. The molecule has 2 aliphatic carbocycles. The molecule has 98 valence electrons. The van der Waals surface area contributed by atoms with E-state index >= 15 is 0 Å². The molecule has 0 aliphatic heterocycles. The van der Waals surface area contributed by atoms with Crippen LogP contribution in [0.2, 0.25) is 0 Å². The zero-order valence-corrected chi connectivity index (χ0v) is 12.0. The molecule has 0 radical (unpaired) electrons. The lowest BCUT2D eigenvalue weighted by Gasteiger charge is -2.39. The molecule has 0 saturated heterocycles. The molecule has 0 spiro atoms. The first-order valence-electron chi connectivity index (χ1n) is 7.16. The summed E-state index contributed by atoms with van der Waals surface area (Å²) >= 11 is 0. The highest BCUT2D eigenvalue weighted by Crippen LogP contribution is 2.71. The molecule has 1 aromatic rings. The molecule has 1 nitrogen and oxygen atoms in total. The lowest BCUT2D eigenvalue weighted by molar-refractivity contribution is 0.133. The summed E-state index contributed by atoms with van der Waals surface area (Å²) in [5.74, 6) is 1.89. The van der Waals surface area contributed by atoms with Gasteiger partial charge in [0.25, 0.3) is 0 Å². The number of rotatable bonds is 1. The van der Waals surface area contributed by atoms with Gasteiger partial charge in [-0.05, 0) is 60.0 Å². The molecule has 2 bridgehead atoms. The summed E-state index contributed by atoms with van der Waals surface area (Å²) in [5.41, 5.74) is 2.96. The highest BCUT2D eigenvalue weighted by molar-refractivity contribution is 5.44. The highest BCUT2D eigenvalue weighted by atomic mass is 16.3. The van der Waals surface area contributed by atoms with Crippen molar-refractivity contribution in [2.45, 2.75) is 52.9 Å². The number of fused-ring (bicyclic) bond motifs is 2. The topological polar surface area (TPSA) is 20.2 Å². The van der Waals surface area contributed by atoms with Gasteiger partial charge in [-0.25, -0.2) is 0 Å². The van der Waals surface area contributed by atoms with E-state index in [1.807, 2.05) is 13.0 Å². The number of phenols is 1. The summed E-state index contributed by atoms with van der Waals surface area (Å²) < 4.78 is 0. The van der Waals surface area contributed by atoms with Crippen LogP contribution in [-0.4, -0.2) is 5.11 Å². The molecule has 0 unspecified atom stereocenters. The van der Waals surface area contributed by atoms with Crippen LogP contribution in [-0.2, 0) is 0 Å². The van der Waals surface area contributed by atoms with Crippen LogP contribution in [0, 0.1) is 23.7 Å². The first kappa shape index (κ1) is 12.1. The second-order valence-corrected chi connectivity index (χ2v) is 7.18. The minimum atomic E-state index is 0.350. The fraction of sp³-hybridized carbons (Fsp3) is 0.647. The third-order valence-electron chi connectivity index (χ3n) is 6.44. The van der Waals surface area contributed by atoms with Gasteiger partial charge in [-0.1, -0.05) is 39.0 Å². The molecule has 1 N–H and O–H groups in total. The van der Waals surface area contributed by atoms with Crippen LogP contribution < -0.4 is 0 Å². The van der Waals surface area contributed by atoms with Gasteiger partial charge >= 0.3 is 0 Å². The van der Waals surface area contributed by atoms with Crippen molar-refractivity contribution in [1.82, 2.24) is 0 Å². The van der Waals surface area contributed by atoms with E-state index < -0.39 is 0 Å². The molecule has 2 saturated carbocycles. The molecule has 0 amide bonds. The van der Waals surface area contributed by atoms with Crippen LogP contribution in [0.3, 0.4) is 0 Å². The predicted octanol–water partition coefficient (Wildman–Crippen LogP) is 4.63. The minimum absolute atomic E-state index is 0.350. The maximum absolute atomic E-state index is 10.4. The maximum atomic E-state index is 10.4. The summed E-state index contributed by atoms with van der Waals surface area (Å²) in [6.07, 6.45) is 3.93. The van der Waals surface area contributed by atoms with Crippen LogP contribution in [0.25, 0.3) is 0 Å². The second-order valence-electron chi connectivity index (χ2n) is 7.18. The Kier molecular flexibility index (Phi) is 2.36. The first-order chi connectivity index (χ1) is 8.38. The van der Waals surface area contributed by atoms with Crippen LogP contribution >= 0.6 is 0 Å². The van der Waals surface area contributed by atoms with Gasteiger partial charge in [0.15, 0.2) is 0 Å². The summed E-state index contributed by atoms with van der Waals surface area (Å²) in [4.78, 5) is 0. The summed E-state index contributed by atoms with van der Waals surface area (Å²) in [7, 11) is 0. The smallest absolute Gasteiger partial charge is 0.121 e. The Morgan fingerprint density at radius 3 is 2.50 bits per heavy atom. The van der Waals surface area contributed by atoms with Gasteiger partial charge in [0.1, 0.15) is 5.75 Å². The van der Waals surface area contributed by atoms with Gasteiger partial charge in [-0.15, -0.1) is 0 Å². The zero-order valence-electron chi connectivity index (χ0n) is 12.0. The number of para-hydroxylation sites is 1. The van der Waals surface area contributed by atoms with Crippen molar-refractivity contribution in [3.8, 4) is 5.75 Å². The fourth-order valence-corrected chi connectivity index (χ4v) is 4.64. The van der Waals surface area contributed by atoms with Gasteiger partial charge < -0.3 is 5.11 Å². The van der Waals surface area contributed by atoms with Crippen LogP contribution in [0.4, 0.5) is 0 Å². The van der Waals surface area contributed by atoms with Crippen molar-refractivity contribution >= 4 is 0 Å². The Balaban J connectivity index is 2.08. The quantitative estimate of drug-likeness (QED) is 0.763. The molecule has 0 heterocycles. The lowest BCUT2D eigenvalue weighted by atomic mass is 9.65. The molecule has 3 rings (SSSR count). The number of hydrogen-bond donors (Lipinski definition) is 1. The number of aromatic hydroxyl groups is 1. The van der Waals surface area contributed by atoms with E-state index in [2.05, 4.69) is 32.9 Å². The van der Waals surface area contributed by atoms with E-state index in [0.29, 0.717) is 22.5 Å². The standard InChI is InChI=1S/C17H24O/c1-11-6-5-7-13(15(11)18)14-10-12-8-9-17(14,4)16(12,2)3/h5-7,12,14,18H,8-10H2,1-4H3/t12-,14+,17+/m1/s1.